The molecule has 4 aromatic rings. The molecule has 166 valence electrons. The highest BCUT2D eigenvalue weighted by Gasteiger charge is 2.17. The molecular weight excluding hydrogens is 420 g/mol. The first-order valence-corrected chi connectivity index (χ1v) is 10.4. The molecule has 0 bridgehead atoms. The number of carbonyl (C=O) groups excluding carboxylic acids is 1. The molecule has 3 aromatic carbocycles. The number of hydrogen-bond donors (Lipinski definition) is 1. The van der Waals surface area contributed by atoms with E-state index in [0.717, 1.165) is 22.0 Å². The molecule has 0 spiro atoms. The summed E-state index contributed by atoms with van der Waals surface area (Å²) in [6, 6.07) is 20.6. The smallest absolute Gasteiger partial charge is 0.252 e. The quantitative estimate of drug-likeness (QED) is 0.471. The summed E-state index contributed by atoms with van der Waals surface area (Å²) >= 11 is 0. The predicted molar refractivity (Wildman–Crippen MR) is 124 cm³/mol. The number of fused-ring (bicyclic) bond motifs is 2. The number of ether oxygens (including phenoxy) is 4. The average Bonchev–Trinajstić information content (AvgIpc) is 3.34. The second-order valence-electron chi connectivity index (χ2n) is 7.51. The molecule has 0 aliphatic carbocycles. The molecule has 7 heteroatoms. The number of pyridine rings is 1. The molecule has 0 unspecified atom stereocenters. The first kappa shape index (κ1) is 20.6. The van der Waals surface area contributed by atoms with Crippen molar-refractivity contribution in [2.45, 2.75) is 6.54 Å². The van der Waals surface area contributed by atoms with Gasteiger partial charge < -0.3 is 24.3 Å². The highest BCUT2D eigenvalue weighted by molar-refractivity contribution is 6.07. The molecule has 1 N–H and O–H groups in total. The Hall–Kier alpha value is -4.26. The number of methoxy groups -OCH3 is 2. The van der Waals surface area contributed by atoms with Crippen LogP contribution in [0.25, 0.3) is 22.2 Å². The molecule has 1 aliphatic heterocycles. The number of para-hydroxylation sites is 1. The minimum atomic E-state index is -0.187. The van der Waals surface area contributed by atoms with E-state index in [1.54, 1.807) is 20.3 Å². The summed E-state index contributed by atoms with van der Waals surface area (Å²) < 4.78 is 21.5. The maximum atomic E-state index is 13.2. The molecule has 33 heavy (non-hydrogen) atoms. The van der Waals surface area contributed by atoms with E-state index >= 15 is 0 Å². The van der Waals surface area contributed by atoms with Gasteiger partial charge in [0.25, 0.3) is 5.91 Å². The lowest BCUT2D eigenvalue weighted by Gasteiger charge is -2.13. The van der Waals surface area contributed by atoms with Crippen LogP contribution < -0.4 is 24.3 Å². The zero-order chi connectivity index (χ0) is 22.8. The van der Waals surface area contributed by atoms with Crippen LogP contribution in [0, 0.1) is 0 Å². The van der Waals surface area contributed by atoms with Gasteiger partial charge in [0.05, 0.1) is 31.0 Å². The van der Waals surface area contributed by atoms with Crippen LogP contribution in [-0.4, -0.2) is 31.9 Å². The van der Waals surface area contributed by atoms with Gasteiger partial charge in [-0.3, -0.25) is 4.79 Å². The summed E-state index contributed by atoms with van der Waals surface area (Å²) in [4.78, 5) is 18.0. The molecule has 7 nitrogen and oxygen atoms in total. The first-order chi connectivity index (χ1) is 16.2. The number of nitrogens with zero attached hydrogens (tertiary/aromatic N) is 1. The number of nitrogens with one attached hydrogen (secondary N) is 1. The second-order valence-corrected chi connectivity index (χ2v) is 7.51. The molecule has 0 saturated carbocycles. The van der Waals surface area contributed by atoms with Gasteiger partial charge in [-0.2, -0.15) is 0 Å². The van der Waals surface area contributed by atoms with Crippen LogP contribution >= 0.6 is 0 Å². The molecule has 2 heterocycles. The third kappa shape index (κ3) is 4.01. The molecule has 0 atom stereocenters. The van der Waals surface area contributed by atoms with Crippen molar-refractivity contribution in [2.24, 2.45) is 0 Å². The number of benzene rings is 3. The largest absolute Gasteiger partial charge is 0.493 e. The Kier molecular flexibility index (Phi) is 5.44. The van der Waals surface area contributed by atoms with E-state index < -0.39 is 0 Å². The zero-order valence-electron chi connectivity index (χ0n) is 18.3. The Bertz CT molecular complexity index is 1350. The van der Waals surface area contributed by atoms with Crippen LogP contribution in [0.2, 0.25) is 0 Å². The maximum absolute atomic E-state index is 13.2. The lowest BCUT2D eigenvalue weighted by atomic mass is 10.0. The average molecular weight is 442 g/mol. The topological polar surface area (TPSA) is 78.9 Å². The van der Waals surface area contributed by atoms with E-state index in [1.807, 2.05) is 60.7 Å². The molecule has 1 amide bonds. The minimum Gasteiger partial charge on any atom is -0.493 e. The van der Waals surface area contributed by atoms with Crippen LogP contribution in [0.5, 0.6) is 23.0 Å². The third-order valence-electron chi connectivity index (χ3n) is 5.53. The third-order valence-corrected chi connectivity index (χ3v) is 5.53. The Morgan fingerprint density at radius 1 is 0.939 bits per heavy atom. The Morgan fingerprint density at radius 3 is 2.61 bits per heavy atom. The van der Waals surface area contributed by atoms with E-state index in [2.05, 4.69) is 5.32 Å². The van der Waals surface area contributed by atoms with Crippen LogP contribution in [-0.2, 0) is 6.54 Å². The zero-order valence-corrected chi connectivity index (χ0v) is 18.3. The molecule has 0 fully saturated rings. The minimum absolute atomic E-state index is 0.187. The summed E-state index contributed by atoms with van der Waals surface area (Å²) in [5.74, 6) is 2.44. The number of aromatic nitrogens is 1. The SMILES string of the molecule is COc1ccc(-c2cc(C(=O)NCc3ccc4c(c3)OCO4)c3ccccc3n2)cc1OC. The van der Waals surface area contributed by atoms with E-state index in [1.165, 1.54) is 0 Å². The van der Waals surface area contributed by atoms with Gasteiger partial charge in [-0.15, -0.1) is 0 Å². The molecule has 1 aliphatic rings. The normalized spacial score (nSPS) is 11.9. The van der Waals surface area contributed by atoms with E-state index in [9.17, 15) is 4.79 Å². The highest BCUT2D eigenvalue weighted by atomic mass is 16.7. The monoisotopic (exact) mass is 442 g/mol. The summed E-state index contributed by atoms with van der Waals surface area (Å²) in [7, 11) is 3.18. The Labute approximate surface area is 190 Å². The maximum Gasteiger partial charge on any atom is 0.252 e. The van der Waals surface area contributed by atoms with Crippen molar-refractivity contribution in [3.05, 3.63) is 77.9 Å². The van der Waals surface area contributed by atoms with Gasteiger partial charge in [0.15, 0.2) is 23.0 Å². The number of carbonyl (C=O) groups is 1. The van der Waals surface area contributed by atoms with Crippen LogP contribution in [0.1, 0.15) is 15.9 Å². The van der Waals surface area contributed by atoms with Gasteiger partial charge in [-0.05, 0) is 48.0 Å². The number of rotatable bonds is 6. The summed E-state index contributed by atoms with van der Waals surface area (Å²) in [6.07, 6.45) is 0. The van der Waals surface area contributed by atoms with Gasteiger partial charge in [0, 0.05) is 17.5 Å². The standard InChI is InChI=1S/C26H22N2O5/c1-30-22-10-8-17(12-24(22)31-2)21-13-19(18-5-3-4-6-20(18)28-21)26(29)27-14-16-7-9-23-25(11-16)33-15-32-23/h3-13H,14-15H2,1-2H3,(H,27,29). The lowest BCUT2D eigenvalue weighted by molar-refractivity contribution is 0.0952. The molecule has 1 aromatic heterocycles. The number of amides is 1. The lowest BCUT2D eigenvalue weighted by Crippen LogP contribution is -2.23. The van der Waals surface area contributed by atoms with Crippen molar-refractivity contribution in [1.82, 2.24) is 10.3 Å². The van der Waals surface area contributed by atoms with E-state index in [4.69, 9.17) is 23.9 Å². The van der Waals surface area contributed by atoms with Crippen molar-refractivity contribution >= 4 is 16.8 Å². The Morgan fingerprint density at radius 2 is 1.76 bits per heavy atom. The first-order valence-electron chi connectivity index (χ1n) is 10.4. The van der Waals surface area contributed by atoms with Crippen molar-refractivity contribution in [3.8, 4) is 34.3 Å². The van der Waals surface area contributed by atoms with Gasteiger partial charge in [-0.25, -0.2) is 4.98 Å². The van der Waals surface area contributed by atoms with Crippen molar-refractivity contribution in [3.63, 3.8) is 0 Å². The van der Waals surface area contributed by atoms with Gasteiger partial charge in [0.2, 0.25) is 6.79 Å². The molecule has 0 saturated heterocycles. The highest BCUT2D eigenvalue weighted by Crippen LogP contribution is 2.34. The fourth-order valence-electron chi connectivity index (χ4n) is 3.84. The van der Waals surface area contributed by atoms with Crippen LogP contribution in [0.15, 0.2) is 66.7 Å². The summed E-state index contributed by atoms with van der Waals surface area (Å²) in [6.45, 7) is 0.574. The van der Waals surface area contributed by atoms with E-state index in [-0.39, 0.29) is 12.7 Å². The van der Waals surface area contributed by atoms with Gasteiger partial charge in [0.1, 0.15) is 0 Å². The van der Waals surface area contributed by atoms with Crippen LogP contribution in [0.3, 0.4) is 0 Å². The fourth-order valence-corrected chi connectivity index (χ4v) is 3.84. The van der Waals surface area contributed by atoms with Gasteiger partial charge >= 0.3 is 0 Å². The summed E-state index contributed by atoms with van der Waals surface area (Å²) in [5.41, 5.74) is 3.70. The van der Waals surface area contributed by atoms with Crippen molar-refractivity contribution in [1.29, 1.82) is 0 Å². The second kappa shape index (κ2) is 8.70. The van der Waals surface area contributed by atoms with Crippen molar-refractivity contribution in [2.75, 3.05) is 21.0 Å². The number of hydrogen-bond acceptors (Lipinski definition) is 6. The van der Waals surface area contributed by atoms with Crippen molar-refractivity contribution < 1.29 is 23.7 Å². The molecule has 5 rings (SSSR count). The molecule has 0 radical (unpaired) electrons. The molecular formula is C26H22N2O5. The van der Waals surface area contributed by atoms with E-state index in [0.29, 0.717) is 40.8 Å². The Balaban J connectivity index is 1.47. The van der Waals surface area contributed by atoms with Crippen LogP contribution in [0.4, 0.5) is 0 Å². The summed E-state index contributed by atoms with van der Waals surface area (Å²) in [5, 5.41) is 3.79. The predicted octanol–water partition coefficient (Wildman–Crippen LogP) is 4.58. The fraction of sp³-hybridized carbons (Fsp3) is 0.154. The van der Waals surface area contributed by atoms with Gasteiger partial charge in [-0.1, -0.05) is 24.3 Å².